The largest absolute Gasteiger partial charge is 0.375 e. The lowest BCUT2D eigenvalue weighted by Gasteiger charge is -2.39. The first kappa shape index (κ1) is 24.9. The summed E-state index contributed by atoms with van der Waals surface area (Å²) in [5, 5.41) is 2.02. The highest BCUT2D eigenvalue weighted by atomic mass is 35.5. The summed E-state index contributed by atoms with van der Waals surface area (Å²) in [6, 6.07) is 6.51. The molecule has 0 radical (unpaired) electrons. The Bertz CT molecular complexity index is 854. The fourth-order valence-electron chi connectivity index (χ4n) is 4.67. The van der Waals surface area contributed by atoms with E-state index >= 15 is 0 Å². The molecule has 1 fully saturated rings. The van der Waals surface area contributed by atoms with Gasteiger partial charge in [-0.3, -0.25) is 9.80 Å². The third-order valence-corrected chi connectivity index (χ3v) is 8.06. The molecule has 31 heavy (non-hydrogen) atoms. The second kappa shape index (κ2) is 11.4. The molecule has 2 N–H and O–H groups in total. The molecule has 1 aromatic heterocycles. The number of aryl methyl sites for hydroxylation is 1. The van der Waals surface area contributed by atoms with Gasteiger partial charge >= 0.3 is 0 Å². The molecular weight excluding hydrogens is 473 g/mol. The van der Waals surface area contributed by atoms with E-state index in [0.717, 1.165) is 69.5 Å². The molecule has 0 bridgehead atoms. The van der Waals surface area contributed by atoms with Gasteiger partial charge in [0, 0.05) is 50.2 Å². The molecule has 0 spiro atoms. The number of aromatic nitrogens is 1. The molecule has 1 aliphatic carbocycles. The van der Waals surface area contributed by atoms with E-state index in [4.69, 9.17) is 28.9 Å². The molecule has 0 amide bonds. The third-order valence-electron chi connectivity index (χ3n) is 6.31. The van der Waals surface area contributed by atoms with Crippen molar-refractivity contribution in [1.29, 1.82) is 0 Å². The maximum atomic E-state index is 6.42. The van der Waals surface area contributed by atoms with Crippen molar-refractivity contribution in [3.63, 3.8) is 0 Å². The Morgan fingerprint density at radius 3 is 2.71 bits per heavy atom. The van der Waals surface area contributed by atoms with Crippen molar-refractivity contribution in [2.75, 3.05) is 56.4 Å². The summed E-state index contributed by atoms with van der Waals surface area (Å²) in [4.78, 5) is 13.5. The van der Waals surface area contributed by atoms with Crippen LogP contribution in [0.3, 0.4) is 0 Å². The Morgan fingerprint density at radius 1 is 1.19 bits per heavy atom. The normalized spacial score (nSPS) is 19.4. The number of thiazole rings is 1. The lowest BCUT2D eigenvalue weighted by molar-refractivity contribution is 0.146. The van der Waals surface area contributed by atoms with Gasteiger partial charge in [0.25, 0.3) is 0 Å². The van der Waals surface area contributed by atoms with Crippen LogP contribution in [0.15, 0.2) is 18.2 Å². The summed E-state index contributed by atoms with van der Waals surface area (Å²) in [5.74, 6) is 0. The molecule has 172 valence electrons. The molecule has 2 aliphatic rings. The molecule has 2 heterocycles. The lowest BCUT2D eigenvalue weighted by atomic mass is 9.96. The predicted octanol–water partition coefficient (Wildman–Crippen LogP) is 4.85. The number of nitrogen functional groups attached to an aromatic ring is 1. The first-order valence-corrected chi connectivity index (χ1v) is 12.5. The van der Waals surface area contributed by atoms with Crippen LogP contribution < -0.4 is 10.6 Å². The molecule has 0 saturated carbocycles. The summed E-state index contributed by atoms with van der Waals surface area (Å²) < 4.78 is 0. The molecule has 4 rings (SSSR count). The number of piperazine rings is 1. The monoisotopic (exact) mass is 503 g/mol. The highest BCUT2D eigenvalue weighted by molar-refractivity contribution is 7.15. The average Bonchev–Trinajstić information content (AvgIpc) is 3.13. The number of hydrogen-bond acceptors (Lipinski definition) is 6. The van der Waals surface area contributed by atoms with Gasteiger partial charge in [0.2, 0.25) is 0 Å². The number of hydrogen-bond donors (Lipinski definition) is 1. The predicted molar refractivity (Wildman–Crippen MR) is 137 cm³/mol. The topological polar surface area (TPSA) is 48.6 Å². The van der Waals surface area contributed by atoms with Crippen molar-refractivity contribution in [3.8, 4) is 0 Å². The summed E-state index contributed by atoms with van der Waals surface area (Å²) in [6.07, 6.45) is 4.55. The van der Waals surface area contributed by atoms with E-state index < -0.39 is 0 Å². The summed E-state index contributed by atoms with van der Waals surface area (Å²) in [6.45, 7) is 9.77. The molecular formula is C22H32Cl3N5S. The minimum atomic E-state index is 0. The second-order valence-electron chi connectivity index (χ2n) is 8.26. The van der Waals surface area contributed by atoms with Crippen LogP contribution in [0.5, 0.6) is 0 Å². The first-order valence-electron chi connectivity index (χ1n) is 10.9. The van der Waals surface area contributed by atoms with Crippen LogP contribution in [-0.4, -0.2) is 66.6 Å². The Labute approximate surface area is 205 Å². The van der Waals surface area contributed by atoms with E-state index in [9.17, 15) is 0 Å². The first-order chi connectivity index (χ1) is 14.5. The molecule has 0 unspecified atom stereocenters. The fourth-order valence-corrected chi connectivity index (χ4v) is 6.04. The maximum absolute atomic E-state index is 6.42. The van der Waals surface area contributed by atoms with Crippen LogP contribution in [0, 0.1) is 0 Å². The van der Waals surface area contributed by atoms with Crippen LogP contribution in [-0.2, 0) is 12.8 Å². The van der Waals surface area contributed by atoms with E-state index in [1.54, 1.807) is 11.3 Å². The molecule has 1 saturated heterocycles. The third kappa shape index (κ3) is 5.98. The summed E-state index contributed by atoms with van der Waals surface area (Å²) in [7, 11) is 0. The van der Waals surface area contributed by atoms with Gasteiger partial charge in [-0.25, -0.2) is 4.98 Å². The number of anilines is 2. The number of halogens is 3. The fraction of sp³-hybridized carbons (Fsp3) is 0.591. The Hall–Kier alpha value is -0.760. The van der Waals surface area contributed by atoms with Crippen molar-refractivity contribution in [2.45, 2.75) is 38.6 Å². The second-order valence-corrected chi connectivity index (χ2v) is 10.2. The minimum absolute atomic E-state index is 0. The molecule has 1 atom stereocenters. The van der Waals surface area contributed by atoms with Gasteiger partial charge in [-0.1, -0.05) is 36.2 Å². The molecule has 2 aromatic rings. The molecule has 1 aliphatic heterocycles. The maximum Gasteiger partial charge on any atom is 0.180 e. The Morgan fingerprint density at radius 2 is 1.97 bits per heavy atom. The van der Waals surface area contributed by atoms with Gasteiger partial charge in [0.05, 0.1) is 21.4 Å². The smallest absolute Gasteiger partial charge is 0.180 e. The number of fused-ring (bicyclic) bond motifs is 1. The summed E-state index contributed by atoms with van der Waals surface area (Å²) >= 11 is 14.3. The number of nitrogens with zero attached hydrogens (tertiary/aromatic N) is 4. The zero-order chi connectivity index (χ0) is 21.1. The Kier molecular flexibility index (Phi) is 9.14. The van der Waals surface area contributed by atoms with Gasteiger partial charge in [-0.15, -0.1) is 23.7 Å². The zero-order valence-electron chi connectivity index (χ0n) is 18.0. The van der Waals surface area contributed by atoms with Crippen molar-refractivity contribution in [1.82, 2.24) is 14.8 Å². The minimum Gasteiger partial charge on any atom is -0.375 e. The van der Waals surface area contributed by atoms with Gasteiger partial charge in [0.1, 0.15) is 0 Å². The van der Waals surface area contributed by atoms with Gasteiger partial charge in [0.15, 0.2) is 5.13 Å². The molecule has 9 heteroatoms. The quantitative estimate of drug-likeness (QED) is 0.584. The average molecular weight is 505 g/mol. The van der Waals surface area contributed by atoms with E-state index in [0.29, 0.717) is 16.1 Å². The van der Waals surface area contributed by atoms with E-state index in [1.807, 2.05) is 12.1 Å². The highest BCUT2D eigenvalue weighted by Crippen LogP contribution is 2.33. The van der Waals surface area contributed by atoms with E-state index in [-0.39, 0.29) is 12.4 Å². The molecule has 5 nitrogen and oxygen atoms in total. The van der Waals surface area contributed by atoms with Gasteiger partial charge in [-0.05, 0) is 44.4 Å². The van der Waals surface area contributed by atoms with E-state index in [1.165, 1.54) is 23.4 Å². The van der Waals surface area contributed by atoms with Gasteiger partial charge in [-0.2, -0.15) is 0 Å². The van der Waals surface area contributed by atoms with Crippen LogP contribution in [0.1, 0.15) is 30.3 Å². The van der Waals surface area contributed by atoms with Crippen molar-refractivity contribution >= 4 is 57.8 Å². The van der Waals surface area contributed by atoms with Crippen LogP contribution in [0.4, 0.5) is 10.8 Å². The number of nitrogens with two attached hydrogens (primary N) is 1. The van der Waals surface area contributed by atoms with Crippen LogP contribution in [0.2, 0.25) is 10.0 Å². The van der Waals surface area contributed by atoms with Crippen LogP contribution >= 0.6 is 46.9 Å². The van der Waals surface area contributed by atoms with Gasteiger partial charge < -0.3 is 10.6 Å². The summed E-state index contributed by atoms with van der Waals surface area (Å²) in [5.41, 5.74) is 8.22. The molecule has 1 aromatic carbocycles. The standard InChI is InChI=1S/C22H31Cl2N5S.ClH/c1-2-8-28(16-6-7-18-20(15-16)30-22(25)26-18)12-9-27-10-13-29(14-11-27)19-5-3-4-17(23)21(19)24;/h3-5,16H,2,6-15H2,1H3,(H2,25,26);1H/t16-;/m0./s1. The van der Waals surface area contributed by atoms with Crippen molar-refractivity contribution in [3.05, 3.63) is 38.8 Å². The zero-order valence-corrected chi connectivity index (χ0v) is 21.2. The van der Waals surface area contributed by atoms with E-state index in [2.05, 4.69) is 32.7 Å². The van der Waals surface area contributed by atoms with Crippen LogP contribution in [0.25, 0.3) is 0 Å². The Balaban J connectivity index is 0.00000272. The number of rotatable bonds is 7. The lowest BCUT2D eigenvalue weighted by Crippen LogP contribution is -2.50. The SMILES string of the molecule is CCCN(CCN1CCN(c2cccc(Cl)c2Cl)CC1)[C@H]1CCc2nc(N)sc2C1.Cl. The van der Waals surface area contributed by atoms with Crippen molar-refractivity contribution in [2.24, 2.45) is 0 Å². The number of benzene rings is 1. The highest BCUT2D eigenvalue weighted by Gasteiger charge is 2.27. The van der Waals surface area contributed by atoms with Crippen molar-refractivity contribution < 1.29 is 0 Å².